The molecule has 0 fully saturated rings. The van der Waals surface area contributed by atoms with Gasteiger partial charge in [0.2, 0.25) is 5.91 Å². The predicted octanol–water partition coefficient (Wildman–Crippen LogP) is 3.13. The monoisotopic (exact) mass is 474 g/mol. The van der Waals surface area contributed by atoms with Gasteiger partial charge in [-0.3, -0.25) is 9.10 Å². The summed E-state index contributed by atoms with van der Waals surface area (Å²) in [4.78, 5) is 12.5. The second-order valence-electron chi connectivity index (χ2n) is 7.33. The van der Waals surface area contributed by atoms with Gasteiger partial charge in [0.25, 0.3) is 10.0 Å². The molecule has 10 heteroatoms. The largest absolute Gasteiger partial charge is 0.486 e. The molecule has 0 aliphatic carbocycles. The Hall–Kier alpha value is -3.53. The number of sulfonamides is 1. The molecule has 0 spiro atoms. The molecule has 1 aromatic heterocycles. The van der Waals surface area contributed by atoms with E-state index in [-0.39, 0.29) is 10.6 Å². The molecule has 0 unspecified atom stereocenters. The van der Waals surface area contributed by atoms with Gasteiger partial charge in [-0.25, -0.2) is 12.8 Å². The smallest absolute Gasteiger partial charge is 0.264 e. The summed E-state index contributed by atoms with van der Waals surface area (Å²) in [6, 6.07) is 12.8. The fourth-order valence-corrected chi connectivity index (χ4v) is 4.80. The Balaban J connectivity index is 1.51. The van der Waals surface area contributed by atoms with Gasteiger partial charge in [0.15, 0.2) is 11.5 Å². The lowest BCUT2D eigenvalue weighted by molar-refractivity contribution is -0.119. The number of anilines is 1. The molecule has 174 valence electrons. The summed E-state index contributed by atoms with van der Waals surface area (Å²) in [5, 5.41) is 2.72. The van der Waals surface area contributed by atoms with Crippen LogP contribution in [0, 0.1) is 5.82 Å². The fourth-order valence-electron chi connectivity index (χ4n) is 3.37. The average molecular weight is 475 g/mol. The van der Waals surface area contributed by atoms with Crippen LogP contribution in [-0.4, -0.2) is 40.6 Å². The van der Waals surface area contributed by atoms with Crippen molar-refractivity contribution >= 4 is 21.6 Å². The second kappa shape index (κ2) is 9.95. The minimum absolute atomic E-state index is 0.0679. The number of hydrogen-bond acceptors (Lipinski definition) is 6. The van der Waals surface area contributed by atoms with Crippen LogP contribution in [0.25, 0.3) is 0 Å². The lowest BCUT2D eigenvalue weighted by Gasteiger charge is -2.25. The van der Waals surface area contributed by atoms with Crippen LogP contribution >= 0.6 is 0 Å². The van der Waals surface area contributed by atoms with E-state index in [4.69, 9.17) is 13.9 Å². The van der Waals surface area contributed by atoms with Crippen LogP contribution < -0.4 is 19.1 Å². The molecular weight excluding hydrogens is 451 g/mol. The Morgan fingerprint density at radius 1 is 1.03 bits per heavy atom. The van der Waals surface area contributed by atoms with E-state index < -0.39 is 28.3 Å². The molecule has 3 aromatic rings. The summed E-state index contributed by atoms with van der Waals surface area (Å²) < 4.78 is 57.5. The quantitative estimate of drug-likeness (QED) is 0.479. The van der Waals surface area contributed by atoms with E-state index in [9.17, 15) is 17.6 Å². The Bertz CT molecular complexity index is 1200. The number of nitrogens with zero attached hydrogens (tertiary/aromatic N) is 1. The standard InChI is InChI=1S/C23H23FN2O6S/c24-17-5-7-18(8-6-17)26(16-23(27)25-11-1-3-19-4-2-12-30-19)33(28,29)20-9-10-21-22(15-20)32-14-13-31-21/h2,4-10,12,15H,1,3,11,13-14,16H2,(H,25,27). The first-order valence-corrected chi connectivity index (χ1v) is 11.8. The molecule has 0 saturated carbocycles. The number of carbonyl (C=O) groups excluding carboxylic acids is 1. The zero-order valence-corrected chi connectivity index (χ0v) is 18.5. The van der Waals surface area contributed by atoms with Gasteiger partial charge in [-0.05, 0) is 55.0 Å². The van der Waals surface area contributed by atoms with Gasteiger partial charge in [0, 0.05) is 19.0 Å². The number of nitrogens with one attached hydrogen (secondary N) is 1. The third-order valence-corrected chi connectivity index (χ3v) is 6.78. The molecule has 1 aliphatic heterocycles. The van der Waals surface area contributed by atoms with Crippen molar-refractivity contribution in [1.82, 2.24) is 5.32 Å². The number of ether oxygens (including phenoxy) is 2. The minimum Gasteiger partial charge on any atom is -0.486 e. The van der Waals surface area contributed by atoms with Gasteiger partial charge >= 0.3 is 0 Å². The number of halogens is 1. The summed E-state index contributed by atoms with van der Waals surface area (Å²) >= 11 is 0. The molecule has 0 bridgehead atoms. The number of aryl methyl sites for hydroxylation is 1. The molecule has 2 aromatic carbocycles. The van der Waals surface area contributed by atoms with Gasteiger partial charge in [-0.2, -0.15) is 0 Å². The molecule has 1 N–H and O–H groups in total. The van der Waals surface area contributed by atoms with Crippen LogP contribution in [0.5, 0.6) is 11.5 Å². The molecule has 0 saturated heterocycles. The zero-order valence-electron chi connectivity index (χ0n) is 17.7. The molecule has 1 amide bonds. The molecule has 4 rings (SSSR count). The topological polar surface area (TPSA) is 98.1 Å². The Morgan fingerprint density at radius 3 is 2.52 bits per heavy atom. The lowest BCUT2D eigenvalue weighted by Crippen LogP contribution is -2.41. The number of carbonyl (C=O) groups is 1. The Morgan fingerprint density at radius 2 is 1.79 bits per heavy atom. The summed E-state index contributed by atoms with van der Waals surface area (Å²) in [6.45, 7) is 0.559. The first-order chi connectivity index (χ1) is 15.9. The zero-order chi connectivity index (χ0) is 23.3. The van der Waals surface area contributed by atoms with E-state index in [1.807, 2.05) is 6.07 Å². The van der Waals surface area contributed by atoms with Crippen molar-refractivity contribution in [2.45, 2.75) is 17.7 Å². The Labute approximate surface area is 191 Å². The second-order valence-corrected chi connectivity index (χ2v) is 9.19. The summed E-state index contributed by atoms with van der Waals surface area (Å²) in [5.41, 5.74) is 0.164. The van der Waals surface area contributed by atoms with Gasteiger partial charge in [-0.15, -0.1) is 0 Å². The van der Waals surface area contributed by atoms with Crippen molar-refractivity contribution in [1.29, 1.82) is 0 Å². The minimum atomic E-state index is -4.16. The van der Waals surface area contributed by atoms with Crippen molar-refractivity contribution in [3.05, 3.63) is 72.4 Å². The van der Waals surface area contributed by atoms with Gasteiger partial charge in [-0.1, -0.05) is 0 Å². The first kappa shape index (κ1) is 22.7. The highest BCUT2D eigenvalue weighted by Gasteiger charge is 2.29. The number of fused-ring (bicyclic) bond motifs is 1. The molecule has 33 heavy (non-hydrogen) atoms. The molecular formula is C23H23FN2O6S. The normalized spacial score (nSPS) is 12.9. The molecule has 2 heterocycles. The van der Waals surface area contributed by atoms with Crippen molar-refractivity contribution in [2.75, 3.05) is 30.6 Å². The Kier molecular flexibility index (Phi) is 6.83. The van der Waals surface area contributed by atoms with Crippen molar-refractivity contribution in [2.24, 2.45) is 0 Å². The maximum Gasteiger partial charge on any atom is 0.264 e. The molecule has 1 aliphatic rings. The summed E-state index contributed by atoms with van der Waals surface area (Å²) in [6.07, 6.45) is 2.85. The van der Waals surface area contributed by atoms with E-state index >= 15 is 0 Å². The molecule has 0 atom stereocenters. The van der Waals surface area contributed by atoms with Crippen LogP contribution in [0.4, 0.5) is 10.1 Å². The maximum atomic E-state index is 13.5. The molecule has 0 radical (unpaired) electrons. The van der Waals surface area contributed by atoms with Gasteiger partial charge < -0.3 is 19.2 Å². The third-order valence-electron chi connectivity index (χ3n) is 5.01. The van der Waals surface area contributed by atoms with Gasteiger partial charge in [0.05, 0.1) is 16.8 Å². The SMILES string of the molecule is O=C(CN(c1ccc(F)cc1)S(=O)(=O)c1ccc2c(c1)OCCO2)NCCCc1ccco1. The molecule has 8 nitrogen and oxygen atoms in total. The van der Waals surface area contributed by atoms with Crippen LogP contribution in [0.1, 0.15) is 12.2 Å². The van der Waals surface area contributed by atoms with Crippen molar-refractivity contribution in [3.8, 4) is 11.5 Å². The van der Waals surface area contributed by atoms with Gasteiger partial charge in [0.1, 0.15) is 31.3 Å². The average Bonchev–Trinajstić information content (AvgIpc) is 3.34. The van der Waals surface area contributed by atoms with E-state index in [0.717, 1.165) is 22.2 Å². The number of hydrogen-bond donors (Lipinski definition) is 1. The fraction of sp³-hybridized carbons (Fsp3) is 0.261. The maximum absolute atomic E-state index is 13.5. The highest BCUT2D eigenvalue weighted by molar-refractivity contribution is 7.92. The van der Waals surface area contributed by atoms with Crippen molar-refractivity contribution < 1.29 is 31.5 Å². The highest BCUT2D eigenvalue weighted by Crippen LogP contribution is 2.34. The summed E-state index contributed by atoms with van der Waals surface area (Å²) in [7, 11) is -4.16. The summed E-state index contributed by atoms with van der Waals surface area (Å²) in [5.74, 6) is 0.558. The van der Waals surface area contributed by atoms with Crippen molar-refractivity contribution in [3.63, 3.8) is 0 Å². The highest BCUT2D eigenvalue weighted by atomic mass is 32.2. The van der Waals surface area contributed by atoms with E-state index in [0.29, 0.717) is 44.1 Å². The van der Waals surface area contributed by atoms with Crippen LogP contribution in [-0.2, 0) is 21.2 Å². The number of amides is 1. The lowest BCUT2D eigenvalue weighted by atomic mass is 10.2. The van der Waals surface area contributed by atoms with E-state index in [2.05, 4.69) is 5.32 Å². The van der Waals surface area contributed by atoms with Crippen LogP contribution in [0.15, 0.2) is 70.2 Å². The number of benzene rings is 2. The number of furan rings is 1. The first-order valence-electron chi connectivity index (χ1n) is 10.4. The predicted molar refractivity (Wildman–Crippen MR) is 118 cm³/mol. The third kappa shape index (κ3) is 5.46. The van der Waals surface area contributed by atoms with Crippen LogP contribution in [0.3, 0.4) is 0 Å². The van der Waals surface area contributed by atoms with E-state index in [1.165, 1.54) is 30.3 Å². The van der Waals surface area contributed by atoms with Crippen LogP contribution in [0.2, 0.25) is 0 Å². The number of rotatable bonds is 9. The van der Waals surface area contributed by atoms with E-state index in [1.54, 1.807) is 12.3 Å².